The summed E-state index contributed by atoms with van der Waals surface area (Å²) in [5.41, 5.74) is 1.20. The van der Waals surface area contributed by atoms with Crippen LogP contribution in [0.3, 0.4) is 0 Å². The molecule has 1 unspecified atom stereocenters. The smallest absolute Gasteiger partial charge is 0.243 e. The van der Waals surface area contributed by atoms with Crippen molar-refractivity contribution in [1.29, 1.82) is 0 Å². The second-order valence-electron chi connectivity index (χ2n) is 4.69. The van der Waals surface area contributed by atoms with Crippen LogP contribution < -0.4 is 10.4 Å². The van der Waals surface area contributed by atoms with Crippen LogP contribution in [0.25, 0.3) is 0 Å². The number of hydrogen-bond acceptors (Lipinski definition) is 1. The van der Waals surface area contributed by atoms with Crippen LogP contribution in [-0.4, -0.2) is 17.8 Å². The molecule has 0 aliphatic carbocycles. The highest BCUT2D eigenvalue weighted by Gasteiger charge is 2.36. The van der Waals surface area contributed by atoms with Crippen molar-refractivity contribution in [1.82, 2.24) is 9.76 Å². The lowest BCUT2D eigenvalue weighted by Gasteiger charge is -2.24. The summed E-state index contributed by atoms with van der Waals surface area (Å²) in [6.07, 6.45) is 0. The van der Waals surface area contributed by atoms with Crippen LogP contribution in [0.15, 0.2) is 60.7 Å². The van der Waals surface area contributed by atoms with Crippen molar-refractivity contribution in [2.75, 3.05) is 13.1 Å². The van der Waals surface area contributed by atoms with Crippen LogP contribution in [0.4, 0.5) is 0 Å². The van der Waals surface area contributed by atoms with Crippen molar-refractivity contribution in [3.8, 4) is 0 Å². The van der Waals surface area contributed by atoms with Crippen molar-refractivity contribution in [3.05, 3.63) is 66.2 Å². The van der Waals surface area contributed by atoms with Crippen molar-refractivity contribution < 1.29 is 4.57 Å². The summed E-state index contributed by atoms with van der Waals surface area (Å²) in [4.78, 5) is 0. The van der Waals surface area contributed by atoms with Gasteiger partial charge in [-0.2, -0.15) is 0 Å². The molecule has 1 N–H and O–H groups in total. The summed E-state index contributed by atoms with van der Waals surface area (Å²) >= 11 is 0. The summed E-state index contributed by atoms with van der Waals surface area (Å²) in [6, 6.07) is 19.9. The van der Waals surface area contributed by atoms with Crippen LogP contribution >= 0.6 is 7.44 Å². The molecule has 0 bridgehead atoms. The SMILES string of the molecule is O=P1(c2ccccc2)NCCN1Cc1ccccc1. The molecule has 0 spiro atoms. The van der Waals surface area contributed by atoms with E-state index in [0.29, 0.717) is 0 Å². The van der Waals surface area contributed by atoms with Gasteiger partial charge in [0.05, 0.1) is 0 Å². The van der Waals surface area contributed by atoms with Crippen LogP contribution in [0, 0.1) is 0 Å². The van der Waals surface area contributed by atoms with E-state index in [-0.39, 0.29) is 0 Å². The fourth-order valence-corrected chi connectivity index (χ4v) is 4.86. The maximum Gasteiger partial charge on any atom is 0.243 e. The van der Waals surface area contributed by atoms with E-state index in [4.69, 9.17) is 0 Å². The van der Waals surface area contributed by atoms with E-state index in [2.05, 4.69) is 21.9 Å². The fraction of sp³-hybridized carbons (Fsp3) is 0.200. The lowest BCUT2D eigenvalue weighted by atomic mass is 10.2. The Balaban J connectivity index is 1.88. The van der Waals surface area contributed by atoms with Crippen molar-refractivity contribution in [3.63, 3.8) is 0 Å². The predicted molar refractivity (Wildman–Crippen MR) is 78.5 cm³/mol. The zero-order valence-electron chi connectivity index (χ0n) is 10.7. The van der Waals surface area contributed by atoms with Crippen molar-refractivity contribution >= 4 is 12.7 Å². The molecular weight excluding hydrogens is 255 g/mol. The molecule has 1 saturated heterocycles. The third-order valence-corrected chi connectivity index (χ3v) is 6.20. The van der Waals surface area contributed by atoms with Crippen LogP contribution in [-0.2, 0) is 11.1 Å². The molecule has 3 rings (SSSR count). The first-order valence-electron chi connectivity index (χ1n) is 6.49. The van der Waals surface area contributed by atoms with E-state index in [1.54, 1.807) is 0 Å². The molecule has 1 fully saturated rings. The van der Waals surface area contributed by atoms with Crippen molar-refractivity contribution in [2.24, 2.45) is 0 Å². The van der Waals surface area contributed by atoms with Crippen LogP contribution in [0.5, 0.6) is 0 Å². The maximum absolute atomic E-state index is 13.2. The number of hydrogen-bond donors (Lipinski definition) is 1. The first kappa shape index (κ1) is 12.6. The van der Waals surface area contributed by atoms with Gasteiger partial charge in [0, 0.05) is 24.9 Å². The van der Waals surface area contributed by atoms with E-state index in [9.17, 15) is 4.57 Å². The Morgan fingerprint density at radius 1 is 1.00 bits per heavy atom. The van der Waals surface area contributed by atoms with Crippen LogP contribution in [0.1, 0.15) is 5.56 Å². The molecule has 0 amide bonds. The lowest BCUT2D eigenvalue weighted by molar-refractivity contribution is 0.450. The molecule has 0 saturated carbocycles. The van der Waals surface area contributed by atoms with Gasteiger partial charge in [-0.15, -0.1) is 0 Å². The minimum Gasteiger partial charge on any atom is -0.284 e. The molecule has 0 radical (unpaired) electrons. The van der Waals surface area contributed by atoms with Gasteiger partial charge in [-0.3, -0.25) is 4.57 Å². The molecule has 98 valence electrons. The number of nitrogens with zero attached hydrogens (tertiary/aromatic N) is 1. The Kier molecular flexibility index (Phi) is 3.52. The highest BCUT2D eigenvalue weighted by Crippen LogP contribution is 2.47. The van der Waals surface area contributed by atoms with Gasteiger partial charge < -0.3 is 0 Å². The first-order valence-corrected chi connectivity index (χ1v) is 8.15. The summed E-state index contributed by atoms with van der Waals surface area (Å²) in [5.74, 6) is 0. The minimum absolute atomic E-state index is 0.722. The standard InChI is InChI=1S/C15H17N2OP/c18-19(15-9-5-2-6-10-15)16-11-12-17(19)13-14-7-3-1-4-8-14/h1-10H,11-13H2,(H,16,18). The number of rotatable bonds is 3. The Bertz CT molecular complexity index is 586. The van der Waals surface area contributed by atoms with Gasteiger partial charge in [-0.25, -0.2) is 9.76 Å². The molecule has 1 aliphatic rings. The Morgan fingerprint density at radius 2 is 1.63 bits per heavy atom. The summed E-state index contributed by atoms with van der Waals surface area (Å²) in [7, 11) is -2.61. The summed E-state index contributed by atoms with van der Waals surface area (Å²) in [5, 5.41) is 4.09. The monoisotopic (exact) mass is 272 g/mol. The fourth-order valence-electron chi connectivity index (χ4n) is 2.43. The number of benzene rings is 2. The molecule has 0 aromatic heterocycles. The normalized spacial score (nSPS) is 23.6. The van der Waals surface area contributed by atoms with E-state index < -0.39 is 7.44 Å². The molecule has 1 atom stereocenters. The van der Waals surface area contributed by atoms with Crippen molar-refractivity contribution in [2.45, 2.75) is 6.54 Å². The third-order valence-electron chi connectivity index (χ3n) is 3.41. The van der Waals surface area contributed by atoms with Gasteiger partial charge in [-0.05, 0) is 17.7 Å². The van der Waals surface area contributed by atoms with E-state index in [1.807, 2.05) is 48.5 Å². The van der Waals surface area contributed by atoms with E-state index in [1.165, 1.54) is 5.56 Å². The zero-order valence-corrected chi connectivity index (χ0v) is 11.6. The van der Waals surface area contributed by atoms with E-state index >= 15 is 0 Å². The molecule has 19 heavy (non-hydrogen) atoms. The van der Waals surface area contributed by atoms with Gasteiger partial charge in [-0.1, -0.05) is 48.5 Å². The topological polar surface area (TPSA) is 32.3 Å². The summed E-state index contributed by atoms with van der Waals surface area (Å²) in [6.45, 7) is 2.32. The van der Waals surface area contributed by atoms with Gasteiger partial charge >= 0.3 is 0 Å². The van der Waals surface area contributed by atoms with Gasteiger partial charge in [0.15, 0.2) is 0 Å². The third kappa shape index (κ3) is 2.50. The Hall–Kier alpha value is -1.41. The van der Waals surface area contributed by atoms with Gasteiger partial charge in [0.1, 0.15) is 0 Å². The number of nitrogens with one attached hydrogen (secondary N) is 1. The minimum atomic E-state index is -2.61. The Labute approximate surface area is 113 Å². The highest BCUT2D eigenvalue weighted by molar-refractivity contribution is 7.67. The van der Waals surface area contributed by atoms with Gasteiger partial charge in [0.2, 0.25) is 7.44 Å². The molecule has 2 aromatic carbocycles. The predicted octanol–water partition coefficient (Wildman–Crippen LogP) is 2.61. The second-order valence-corrected chi connectivity index (χ2v) is 7.24. The second kappa shape index (κ2) is 5.30. The largest absolute Gasteiger partial charge is 0.284 e. The first-order chi connectivity index (χ1) is 9.29. The Morgan fingerprint density at radius 3 is 2.32 bits per heavy atom. The maximum atomic E-state index is 13.2. The van der Waals surface area contributed by atoms with E-state index in [0.717, 1.165) is 24.9 Å². The van der Waals surface area contributed by atoms with Gasteiger partial charge in [0.25, 0.3) is 0 Å². The zero-order chi connectivity index (χ0) is 13.1. The average Bonchev–Trinajstić information content (AvgIpc) is 2.84. The average molecular weight is 272 g/mol. The molecule has 4 heteroatoms. The molecular formula is C15H17N2OP. The summed E-state index contributed by atoms with van der Waals surface area (Å²) < 4.78 is 15.2. The molecule has 1 aliphatic heterocycles. The highest BCUT2D eigenvalue weighted by atomic mass is 31.2. The van der Waals surface area contributed by atoms with Crippen LogP contribution in [0.2, 0.25) is 0 Å². The lowest BCUT2D eigenvalue weighted by Crippen LogP contribution is -2.24. The molecule has 3 nitrogen and oxygen atoms in total. The molecule has 1 heterocycles. The quantitative estimate of drug-likeness (QED) is 0.872. The molecule has 2 aromatic rings.